The largest absolute Gasteiger partial charge is 0.359 e. The Hall–Kier alpha value is -2.11. The second-order valence-corrected chi connectivity index (χ2v) is 7.37. The van der Waals surface area contributed by atoms with Gasteiger partial charge in [-0.3, -0.25) is 14.8 Å². The fourth-order valence-corrected chi connectivity index (χ4v) is 3.58. The van der Waals surface area contributed by atoms with E-state index >= 15 is 0 Å². The standard InChI is InChI=1S/C20H33N5O/c1-15(2)18(17-6-5-9-23-13-17)14-24-20(22-4)25-10-7-16(8-11-25)12-19(26)21-3/h5-6,9,13,15-16,18H,7-8,10-12,14H2,1-4H3,(H,21,26)(H,22,24). The van der Waals surface area contributed by atoms with Gasteiger partial charge < -0.3 is 15.5 Å². The lowest BCUT2D eigenvalue weighted by Gasteiger charge is -2.35. The van der Waals surface area contributed by atoms with Crippen molar-refractivity contribution >= 4 is 11.9 Å². The summed E-state index contributed by atoms with van der Waals surface area (Å²) in [6, 6.07) is 4.14. The maximum Gasteiger partial charge on any atom is 0.220 e. The van der Waals surface area contributed by atoms with Crippen LogP contribution >= 0.6 is 0 Å². The van der Waals surface area contributed by atoms with E-state index in [1.54, 1.807) is 7.05 Å². The first-order valence-electron chi connectivity index (χ1n) is 9.61. The molecule has 26 heavy (non-hydrogen) atoms. The molecule has 0 spiro atoms. The lowest BCUT2D eigenvalue weighted by molar-refractivity contribution is -0.121. The summed E-state index contributed by atoms with van der Waals surface area (Å²) in [6.07, 6.45) is 6.47. The molecule has 6 nitrogen and oxygen atoms in total. The molecular formula is C20H33N5O. The van der Waals surface area contributed by atoms with Crippen LogP contribution in [0.5, 0.6) is 0 Å². The average Bonchev–Trinajstić information content (AvgIpc) is 2.66. The van der Waals surface area contributed by atoms with E-state index in [2.05, 4.69) is 45.4 Å². The number of carbonyl (C=O) groups excluding carboxylic acids is 1. The molecule has 6 heteroatoms. The molecule has 2 heterocycles. The predicted molar refractivity (Wildman–Crippen MR) is 106 cm³/mol. The molecule has 0 radical (unpaired) electrons. The summed E-state index contributed by atoms with van der Waals surface area (Å²) < 4.78 is 0. The topological polar surface area (TPSA) is 69.6 Å². The van der Waals surface area contributed by atoms with Crippen LogP contribution in [0.3, 0.4) is 0 Å². The Morgan fingerprint density at radius 3 is 2.65 bits per heavy atom. The highest BCUT2D eigenvalue weighted by Gasteiger charge is 2.24. The summed E-state index contributed by atoms with van der Waals surface area (Å²) in [4.78, 5) is 22.6. The molecule has 1 fully saturated rings. The molecule has 0 aliphatic carbocycles. The van der Waals surface area contributed by atoms with E-state index in [1.807, 2.05) is 25.5 Å². The summed E-state index contributed by atoms with van der Waals surface area (Å²) >= 11 is 0. The molecular weight excluding hydrogens is 326 g/mol. The first kappa shape index (κ1) is 20.2. The number of nitrogens with one attached hydrogen (secondary N) is 2. The number of aromatic nitrogens is 1. The van der Waals surface area contributed by atoms with Crippen molar-refractivity contribution in [1.29, 1.82) is 0 Å². The van der Waals surface area contributed by atoms with Crippen molar-refractivity contribution in [3.05, 3.63) is 30.1 Å². The number of hydrogen-bond acceptors (Lipinski definition) is 3. The van der Waals surface area contributed by atoms with Crippen LogP contribution in [0, 0.1) is 11.8 Å². The zero-order chi connectivity index (χ0) is 18.9. The van der Waals surface area contributed by atoms with Crippen molar-refractivity contribution in [2.24, 2.45) is 16.8 Å². The summed E-state index contributed by atoms with van der Waals surface area (Å²) in [5.41, 5.74) is 1.26. The Morgan fingerprint density at radius 2 is 2.12 bits per heavy atom. The van der Waals surface area contributed by atoms with Gasteiger partial charge in [0, 0.05) is 58.5 Å². The van der Waals surface area contributed by atoms with Crippen LogP contribution in [-0.4, -0.2) is 55.5 Å². The molecule has 2 rings (SSSR count). The van der Waals surface area contributed by atoms with Crippen LogP contribution in [0.1, 0.15) is 44.6 Å². The fourth-order valence-electron chi connectivity index (χ4n) is 3.58. The van der Waals surface area contributed by atoms with Crippen LogP contribution in [0.15, 0.2) is 29.5 Å². The molecule has 144 valence electrons. The maximum absolute atomic E-state index is 11.6. The molecule has 2 N–H and O–H groups in total. The third-order valence-corrected chi connectivity index (χ3v) is 5.28. The van der Waals surface area contributed by atoms with E-state index in [0.29, 0.717) is 24.2 Å². The molecule has 1 unspecified atom stereocenters. The predicted octanol–water partition coefficient (Wildman–Crippen LogP) is 2.24. The Labute approximate surface area is 157 Å². The van der Waals surface area contributed by atoms with Gasteiger partial charge in [-0.1, -0.05) is 19.9 Å². The lowest BCUT2D eigenvalue weighted by atomic mass is 9.89. The van der Waals surface area contributed by atoms with Gasteiger partial charge in [-0.2, -0.15) is 0 Å². The van der Waals surface area contributed by atoms with E-state index in [9.17, 15) is 4.79 Å². The van der Waals surface area contributed by atoms with Gasteiger partial charge in [0.1, 0.15) is 0 Å². The average molecular weight is 360 g/mol. The van der Waals surface area contributed by atoms with E-state index in [0.717, 1.165) is 38.4 Å². The number of piperidine rings is 1. The molecule has 1 aliphatic rings. The van der Waals surface area contributed by atoms with Gasteiger partial charge in [0.05, 0.1) is 0 Å². The third kappa shape index (κ3) is 5.71. The number of pyridine rings is 1. The Balaban J connectivity index is 1.88. The molecule has 0 aromatic carbocycles. The minimum atomic E-state index is 0.141. The second kappa shape index (κ2) is 10.1. The van der Waals surface area contributed by atoms with Crippen LogP contribution in [0.4, 0.5) is 0 Å². The second-order valence-electron chi connectivity index (χ2n) is 7.37. The molecule has 1 aromatic heterocycles. The summed E-state index contributed by atoms with van der Waals surface area (Å²) in [7, 11) is 3.55. The highest BCUT2D eigenvalue weighted by molar-refractivity contribution is 5.80. The van der Waals surface area contributed by atoms with Crippen molar-refractivity contribution < 1.29 is 4.79 Å². The van der Waals surface area contributed by atoms with E-state index in [-0.39, 0.29) is 5.91 Å². The van der Waals surface area contributed by atoms with Crippen molar-refractivity contribution in [2.75, 3.05) is 33.7 Å². The highest BCUT2D eigenvalue weighted by atomic mass is 16.1. The smallest absolute Gasteiger partial charge is 0.220 e. The van der Waals surface area contributed by atoms with Gasteiger partial charge in [0.2, 0.25) is 5.91 Å². The summed E-state index contributed by atoms with van der Waals surface area (Å²) in [5, 5.41) is 6.28. The van der Waals surface area contributed by atoms with E-state index in [1.165, 1.54) is 5.56 Å². The van der Waals surface area contributed by atoms with Crippen molar-refractivity contribution in [1.82, 2.24) is 20.5 Å². The van der Waals surface area contributed by atoms with Gasteiger partial charge in [-0.05, 0) is 36.3 Å². The van der Waals surface area contributed by atoms with Gasteiger partial charge in [0.25, 0.3) is 0 Å². The lowest BCUT2D eigenvalue weighted by Crippen LogP contribution is -2.47. The fraction of sp³-hybridized carbons (Fsp3) is 0.650. The minimum Gasteiger partial charge on any atom is -0.359 e. The Morgan fingerprint density at radius 1 is 1.38 bits per heavy atom. The molecule has 1 aromatic rings. The molecule has 0 saturated carbocycles. The van der Waals surface area contributed by atoms with Crippen molar-refractivity contribution in [2.45, 2.75) is 39.0 Å². The van der Waals surface area contributed by atoms with Crippen molar-refractivity contribution in [3.8, 4) is 0 Å². The van der Waals surface area contributed by atoms with E-state index in [4.69, 9.17) is 0 Å². The Kier molecular flexibility index (Phi) is 7.88. The van der Waals surface area contributed by atoms with Gasteiger partial charge >= 0.3 is 0 Å². The number of aliphatic imine (C=N–C) groups is 1. The third-order valence-electron chi connectivity index (χ3n) is 5.28. The monoisotopic (exact) mass is 359 g/mol. The molecule has 1 saturated heterocycles. The number of amides is 1. The summed E-state index contributed by atoms with van der Waals surface area (Å²) in [5.74, 6) is 2.48. The molecule has 1 atom stereocenters. The van der Waals surface area contributed by atoms with Crippen LogP contribution in [0.25, 0.3) is 0 Å². The first-order valence-corrected chi connectivity index (χ1v) is 9.61. The van der Waals surface area contributed by atoms with Crippen LogP contribution < -0.4 is 10.6 Å². The Bertz CT molecular complexity index is 579. The number of guanidine groups is 1. The minimum absolute atomic E-state index is 0.141. The number of carbonyl (C=O) groups is 1. The normalized spacial score (nSPS) is 17.3. The first-order chi connectivity index (χ1) is 12.5. The number of rotatable bonds is 6. The molecule has 1 amide bonds. The van der Waals surface area contributed by atoms with Crippen molar-refractivity contribution in [3.63, 3.8) is 0 Å². The highest BCUT2D eigenvalue weighted by Crippen LogP contribution is 2.24. The van der Waals surface area contributed by atoms with Gasteiger partial charge in [-0.25, -0.2) is 0 Å². The zero-order valence-electron chi connectivity index (χ0n) is 16.5. The van der Waals surface area contributed by atoms with Crippen LogP contribution in [0.2, 0.25) is 0 Å². The summed E-state index contributed by atoms with van der Waals surface area (Å²) in [6.45, 7) is 7.22. The number of likely N-dealkylation sites (tertiary alicyclic amines) is 1. The van der Waals surface area contributed by atoms with Gasteiger partial charge in [0.15, 0.2) is 5.96 Å². The quantitative estimate of drug-likeness (QED) is 0.604. The van der Waals surface area contributed by atoms with Gasteiger partial charge in [-0.15, -0.1) is 0 Å². The van der Waals surface area contributed by atoms with E-state index < -0.39 is 0 Å². The maximum atomic E-state index is 11.6. The molecule has 1 aliphatic heterocycles. The molecule has 0 bridgehead atoms. The zero-order valence-corrected chi connectivity index (χ0v) is 16.5. The van der Waals surface area contributed by atoms with Crippen LogP contribution in [-0.2, 0) is 4.79 Å². The number of hydrogen-bond donors (Lipinski definition) is 2. The SMILES string of the molecule is CN=C(NCC(c1cccnc1)C(C)C)N1CCC(CC(=O)NC)CC1. The number of nitrogens with zero attached hydrogens (tertiary/aromatic N) is 3.